The molecule has 0 radical (unpaired) electrons. The minimum atomic E-state index is -3.43. The third-order valence-corrected chi connectivity index (χ3v) is 6.83. The summed E-state index contributed by atoms with van der Waals surface area (Å²) in [5.41, 5.74) is 4.18. The highest BCUT2D eigenvalue weighted by atomic mass is 32.2. The van der Waals surface area contributed by atoms with Crippen LogP contribution < -0.4 is 10.0 Å². The first-order chi connectivity index (χ1) is 15.3. The molecule has 1 aromatic heterocycles. The molecule has 1 aromatic carbocycles. The lowest BCUT2D eigenvalue weighted by Crippen LogP contribution is -2.49. The maximum atomic E-state index is 12.7. The lowest BCUT2D eigenvalue weighted by molar-refractivity contribution is 0.134. The van der Waals surface area contributed by atoms with Crippen molar-refractivity contribution in [3.05, 3.63) is 47.2 Å². The molecule has 10 heteroatoms. The lowest BCUT2D eigenvalue weighted by atomic mass is 9.86. The Hall–Kier alpha value is -2.43. The monoisotopic (exact) mass is 460 g/mol. The van der Waals surface area contributed by atoms with Gasteiger partial charge in [0.25, 0.3) is 0 Å². The van der Waals surface area contributed by atoms with E-state index in [1.54, 1.807) is 4.90 Å². The number of nitrogens with one attached hydrogen (secondary N) is 2. The minimum absolute atomic E-state index is 0.142. The van der Waals surface area contributed by atoms with Crippen LogP contribution in [0.4, 0.5) is 10.6 Å². The molecule has 2 aliphatic heterocycles. The van der Waals surface area contributed by atoms with Crippen LogP contribution >= 0.6 is 0 Å². The highest BCUT2D eigenvalue weighted by molar-refractivity contribution is 7.92. The molecular weight excluding hydrogens is 428 g/mol. The molecule has 0 saturated carbocycles. The average Bonchev–Trinajstić information content (AvgIpc) is 3.22. The summed E-state index contributed by atoms with van der Waals surface area (Å²) in [4.78, 5) is 16.9. The number of hydrogen-bond donors (Lipinski definition) is 2. The SMILES string of the molecule is Cc1ccc(CN2CCN(C(=O)n3ccc(NS(C)(=O)=O)n3)CC2)cc1C1CCNCC1. The summed E-state index contributed by atoms with van der Waals surface area (Å²) in [6.07, 6.45) is 4.92. The number of aromatic nitrogens is 2. The van der Waals surface area contributed by atoms with Crippen LogP contribution in [0.2, 0.25) is 0 Å². The van der Waals surface area contributed by atoms with Gasteiger partial charge in [0.1, 0.15) is 0 Å². The van der Waals surface area contributed by atoms with Crippen molar-refractivity contribution in [1.82, 2.24) is 24.9 Å². The van der Waals surface area contributed by atoms with Crippen LogP contribution in [0.15, 0.2) is 30.5 Å². The minimum Gasteiger partial charge on any atom is -0.320 e. The molecule has 174 valence electrons. The Morgan fingerprint density at radius 3 is 2.56 bits per heavy atom. The van der Waals surface area contributed by atoms with Gasteiger partial charge in [-0.15, -0.1) is 5.10 Å². The van der Waals surface area contributed by atoms with E-state index in [0.29, 0.717) is 19.0 Å². The second-order valence-corrected chi connectivity index (χ2v) is 10.5. The molecule has 2 saturated heterocycles. The van der Waals surface area contributed by atoms with Gasteiger partial charge in [0, 0.05) is 45.0 Å². The number of amides is 1. The first kappa shape index (κ1) is 22.8. The highest BCUT2D eigenvalue weighted by Crippen LogP contribution is 2.29. The summed E-state index contributed by atoms with van der Waals surface area (Å²) in [7, 11) is -3.43. The van der Waals surface area contributed by atoms with Gasteiger partial charge in [-0.1, -0.05) is 18.2 Å². The van der Waals surface area contributed by atoms with Crippen molar-refractivity contribution in [3.8, 4) is 0 Å². The van der Waals surface area contributed by atoms with Crippen molar-refractivity contribution < 1.29 is 13.2 Å². The molecule has 0 atom stereocenters. The third kappa shape index (κ3) is 5.67. The summed E-state index contributed by atoms with van der Waals surface area (Å²) < 4.78 is 26.1. The number of carbonyl (C=O) groups excluding carboxylic acids is 1. The summed E-state index contributed by atoms with van der Waals surface area (Å²) in [6, 6.07) is 8.08. The summed E-state index contributed by atoms with van der Waals surface area (Å²) in [5.74, 6) is 0.783. The van der Waals surface area contributed by atoms with Crippen molar-refractivity contribution in [2.45, 2.75) is 32.2 Å². The van der Waals surface area contributed by atoms with Crippen molar-refractivity contribution in [2.24, 2.45) is 0 Å². The molecule has 0 spiro atoms. The van der Waals surface area contributed by atoms with Crippen molar-refractivity contribution in [3.63, 3.8) is 0 Å². The largest absolute Gasteiger partial charge is 0.344 e. The van der Waals surface area contributed by atoms with Crippen molar-refractivity contribution in [1.29, 1.82) is 0 Å². The summed E-state index contributed by atoms with van der Waals surface area (Å²) >= 11 is 0. The number of piperazine rings is 1. The number of benzene rings is 1. The van der Waals surface area contributed by atoms with Gasteiger partial charge >= 0.3 is 6.03 Å². The zero-order chi connectivity index (χ0) is 22.7. The van der Waals surface area contributed by atoms with Gasteiger partial charge in [0.2, 0.25) is 10.0 Å². The highest BCUT2D eigenvalue weighted by Gasteiger charge is 2.24. The van der Waals surface area contributed by atoms with Crippen LogP contribution in [0.3, 0.4) is 0 Å². The van der Waals surface area contributed by atoms with E-state index in [1.807, 2.05) is 0 Å². The third-order valence-electron chi connectivity index (χ3n) is 6.25. The van der Waals surface area contributed by atoms with Gasteiger partial charge < -0.3 is 10.2 Å². The number of aryl methyl sites for hydroxylation is 1. The Balaban J connectivity index is 1.33. The predicted molar refractivity (Wildman–Crippen MR) is 124 cm³/mol. The number of rotatable bonds is 5. The molecule has 3 heterocycles. The number of carbonyl (C=O) groups is 1. The Bertz CT molecular complexity index is 1050. The van der Waals surface area contributed by atoms with E-state index in [4.69, 9.17) is 0 Å². The molecule has 32 heavy (non-hydrogen) atoms. The van der Waals surface area contributed by atoms with Gasteiger partial charge in [0.05, 0.1) is 6.26 Å². The molecule has 9 nitrogen and oxygen atoms in total. The van der Waals surface area contributed by atoms with Crippen LogP contribution in [0.25, 0.3) is 0 Å². The molecule has 2 N–H and O–H groups in total. The number of hydrogen-bond acceptors (Lipinski definition) is 6. The maximum Gasteiger partial charge on any atom is 0.344 e. The molecule has 1 amide bonds. The van der Waals surface area contributed by atoms with E-state index < -0.39 is 10.0 Å². The normalized spacial score (nSPS) is 18.6. The predicted octanol–water partition coefficient (Wildman–Crippen LogP) is 1.82. The quantitative estimate of drug-likeness (QED) is 0.706. The van der Waals surface area contributed by atoms with Crippen LogP contribution in [-0.4, -0.2) is 79.6 Å². The van der Waals surface area contributed by atoms with E-state index in [1.165, 1.54) is 46.5 Å². The van der Waals surface area contributed by atoms with E-state index in [0.717, 1.165) is 39.0 Å². The molecule has 0 unspecified atom stereocenters. The van der Waals surface area contributed by atoms with Gasteiger partial charge in [-0.3, -0.25) is 9.62 Å². The van der Waals surface area contributed by atoms with Gasteiger partial charge in [-0.05, 0) is 55.5 Å². The fraction of sp³-hybridized carbons (Fsp3) is 0.545. The number of anilines is 1. The number of sulfonamides is 1. The van der Waals surface area contributed by atoms with E-state index >= 15 is 0 Å². The standard InChI is InChI=1S/C22H32N6O3S/c1-17-3-4-18(15-20(17)19-5-8-23-9-6-19)16-26-11-13-27(14-12-26)22(29)28-10-7-21(24-28)25-32(2,30)31/h3-4,7,10,15,19,23H,5-6,8-9,11-14,16H2,1-2H3,(H,24,25). The first-order valence-corrected chi connectivity index (χ1v) is 13.0. The zero-order valence-electron chi connectivity index (χ0n) is 18.7. The molecule has 4 rings (SSSR count). The molecule has 2 aromatic rings. The van der Waals surface area contributed by atoms with Crippen LogP contribution in [0, 0.1) is 6.92 Å². The van der Waals surface area contributed by atoms with Gasteiger partial charge in [-0.25, -0.2) is 13.2 Å². The second kappa shape index (κ2) is 9.60. The molecule has 0 aliphatic carbocycles. The second-order valence-electron chi connectivity index (χ2n) is 8.78. The van der Waals surface area contributed by atoms with E-state index in [-0.39, 0.29) is 11.8 Å². The smallest absolute Gasteiger partial charge is 0.320 e. The zero-order valence-corrected chi connectivity index (χ0v) is 19.6. The number of piperidine rings is 1. The lowest BCUT2D eigenvalue weighted by Gasteiger charge is -2.34. The van der Waals surface area contributed by atoms with Gasteiger partial charge in [0.15, 0.2) is 5.82 Å². The summed E-state index contributed by atoms with van der Waals surface area (Å²) in [5, 5.41) is 7.48. The Morgan fingerprint density at radius 2 is 1.88 bits per heavy atom. The fourth-order valence-corrected chi connectivity index (χ4v) is 5.03. The van der Waals surface area contributed by atoms with Crippen LogP contribution in [0.5, 0.6) is 0 Å². The topological polar surface area (TPSA) is 99.6 Å². The molecular formula is C22H32N6O3S. The Kier molecular flexibility index (Phi) is 6.82. The number of nitrogens with zero attached hydrogens (tertiary/aromatic N) is 4. The van der Waals surface area contributed by atoms with Crippen molar-refractivity contribution >= 4 is 21.9 Å². The van der Waals surface area contributed by atoms with Crippen LogP contribution in [0.1, 0.15) is 35.4 Å². The molecule has 2 fully saturated rings. The first-order valence-electron chi connectivity index (χ1n) is 11.1. The Morgan fingerprint density at radius 1 is 1.16 bits per heavy atom. The fourth-order valence-electron chi connectivity index (χ4n) is 4.54. The van der Waals surface area contributed by atoms with E-state index in [9.17, 15) is 13.2 Å². The molecule has 2 aliphatic rings. The van der Waals surface area contributed by atoms with E-state index in [2.05, 4.69) is 45.2 Å². The average molecular weight is 461 g/mol. The summed E-state index contributed by atoms with van der Waals surface area (Å²) in [6.45, 7) is 8.07. The van der Waals surface area contributed by atoms with Crippen LogP contribution in [-0.2, 0) is 16.6 Å². The maximum absolute atomic E-state index is 12.7. The molecule has 0 bridgehead atoms. The van der Waals surface area contributed by atoms with Gasteiger partial charge in [-0.2, -0.15) is 4.68 Å². The van der Waals surface area contributed by atoms with Crippen molar-refractivity contribution in [2.75, 3.05) is 50.2 Å². The Labute approximate surface area is 189 Å².